The summed E-state index contributed by atoms with van der Waals surface area (Å²) in [5.74, 6) is -0.766. The Kier molecular flexibility index (Phi) is 3.61. The molecule has 0 aliphatic carbocycles. The van der Waals surface area contributed by atoms with E-state index < -0.39 is 18.4 Å². The van der Waals surface area contributed by atoms with Crippen LogP contribution in [0.3, 0.4) is 0 Å². The molecule has 0 radical (unpaired) electrons. The molecule has 1 aliphatic rings. The number of hydrogen-bond acceptors (Lipinski definition) is 3. The highest BCUT2D eigenvalue weighted by Crippen LogP contribution is 2.31. The van der Waals surface area contributed by atoms with Crippen molar-refractivity contribution in [3.05, 3.63) is 29.7 Å². The van der Waals surface area contributed by atoms with Crippen LogP contribution in [-0.2, 0) is 6.54 Å². The van der Waals surface area contributed by atoms with Crippen LogP contribution in [0.1, 0.15) is 18.5 Å². The summed E-state index contributed by atoms with van der Waals surface area (Å²) in [7, 11) is 0. The van der Waals surface area contributed by atoms with Crippen molar-refractivity contribution in [1.82, 2.24) is 10.1 Å². The second kappa shape index (κ2) is 5.29. The van der Waals surface area contributed by atoms with Crippen LogP contribution in [0.2, 0.25) is 0 Å². The van der Waals surface area contributed by atoms with Gasteiger partial charge in [0.2, 0.25) is 0 Å². The molecule has 3 rings (SSSR count). The molecule has 1 atom stereocenters. The molecule has 2 aromatic rings. The fourth-order valence-corrected chi connectivity index (χ4v) is 2.84. The van der Waals surface area contributed by atoms with Crippen LogP contribution in [0.4, 0.5) is 17.6 Å². The van der Waals surface area contributed by atoms with E-state index in [1.807, 2.05) is 4.90 Å². The maximum Gasteiger partial charge on any atom is 0.389 e. The molecule has 1 fully saturated rings. The Bertz CT molecular complexity index is 637. The first-order valence-electron chi connectivity index (χ1n) is 6.73. The van der Waals surface area contributed by atoms with Crippen LogP contribution in [-0.4, -0.2) is 29.3 Å². The molecule has 2 heterocycles. The molecule has 1 saturated heterocycles. The van der Waals surface area contributed by atoms with E-state index in [1.165, 1.54) is 12.1 Å². The topological polar surface area (TPSA) is 29.3 Å². The first-order valence-corrected chi connectivity index (χ1v) is 6.73. The van der Waals surface area contributed by atoms with Gasteiger partial charge in [-0.2, -0.15) is 13.2 Å². The molecule has 114 valence electrons. The van der Waals surface area contributed by atoms with Crippen LogP contribution in [0.25, 0.3) is 11.0 Å². The van der Waals surface area contributed by atoms with Crippen LogP contribution < -0.4 is 0 Å². The fourth-order valence-electron chi connectivity index (χ4n) is 2.84. The van der Waals surface area contributed by atoms with E-state index in [-0.39, 0.29) is 5.92 Å². The first kappa shape index (κ1) is 14.3. The quantitative estimate of drug-likeness (QED) is 0.809. The Morgan fingerprint density at radius 3 is 2.90 bits per heavy atom. The highest BCUT2D eigenvalue weighted by Gasteiger charge is 2.35. The van der Waals surface area contributed by atoms with Gasteiger partial charge < -0.3 is 4.52 Å². The molecule has 0 spiro atoms. The van der Waals surface area contributed by atoms with Gasteiger partial charge in [-0.1, -0.05) is 5.16 Å². The lowest BCUT2D eigenvalue weighted by Crippen LogP contribution is -2.22. The van der Waals surface area contributed by atoms with E-state index in [4.69, 9.17) is 4.52 Å². The van der Waals surface area contributed by atoms with E-state index in [9.17, 15) is 17.6 Å². The van der Waals surface area contributed by atoms with Crippen molar-refractivity contribution in [3.63, 3.8) is 0 Å². The molecule has 0 amide bonds. The third-order valence-corrected chi connectivity index (χ3v) is 3.77. The van der Waals surface area contributed by atoms with Crippen molar-refractivity contribution in [2.45, 2.75) is 25.6 Å². The summed E-state index contributed by atoms with van der Waals surface area (Å²) in [6, 6.07) is 4.15. The Morgan fingerprint density at radius 1 is 1.33 bits per heavy atom. The summed E-state index contributed by atoms with van der Waals surface area (Å²) in [5, 5.41) is 4.60. The molecular weight excluding hydrogens is 288 g/mol. The highest BCUT2D eigenvalue weighted by atomic mass is 19.4. The molecule has 0 N–H and O–H groups in total. The van der Waals surface area contributed by atoms with Crippen molar-refractivity contribution in [2.24, 2.45) is 5.92 Å². The number of alkyl halides is 3. The Morgan fingerprint density at radius 2 is 2.14 bits per heavy atom. The molecule has 1 aromatic carbocycles. The second-order valence-electron chi connectivity index (χ2n) is 5.48. The predicted molar refractivity (Wildman–Crippen MR) is 68.0 cm³/mol. The van der Waals surface area contributed by atoms with E-state index in [0.29, 0.717) is 42.7 Å². The predicted octanol–water partition coefficient (Wildman–Crippen LogP) is 3.74. The lowest BCUT2D eigenvalue weighted by atomic mass is 10.1. The van der Waals surface area contributed by atoms with E-state index in [2.05, 4.69) is 5.16 Å². The standard InChI is InChI=1S/C14H14F4N2O/c15-10-1-2-11-12(19-21-13(11)5-10)8-20-4-3-9(7-20)6-14(16,17)18/h1-2,5,9H,3-4,6-8H2. The van der Waals surface area contributed by atoms with Crippen LogP contribution in [0, 0.1) is 11.7 Å². The molecular formula is C14H14F4N2O. The van der Waals surface area contributed by atoms with Gasteiger partial charge in [0.1, 0.15) is 11.5 Å². The number of likely N-dealkylation sites (tertiary alicyclic amines) is 1. The van der Waals surface area contributed by atoms with Gasteiger partial charge in [-0.25, -0.2) is 4.39 Å². The number of halogens is 4. The van der Waals surface area contributed by atoms with Gasteiger partial charge in [-0.05, 0) is 31.0 Å². The Balaban J connectivity index is 1.67. The van der Waals surface area contributed by atoms with Crippen LogP contribution in [0.5, 0.6) is 0 Å². The summed E-state index contributed by atoms with van der Waals surface area (Å²) in [4.78, 5) is 1.93. The number of aromatic nitrogens is 1. The van der Waals surface area contributed by atoms with Crippen molar-refractivity contribution < 1.29 is 22.1 Å². The minimum atomic E-state index is -4.11. The van der Waals surface area contributed by atoms with Gasteiger partial charge >= 0.3 is 6.18 Å². The fraction of sp³-hybridized carbons (Fsp3) is 0.500. The average molecular weight is 302 g/mol. The normalized spacial score (nSPS) is 20.5. The molecule has 1 aliphatic heterocycles. The summed E-state index contributed by atoms with van der Waals surface area (Å²) >= 11 is 0. The number of nitrogens with zero attached hydrogens (tertiary/aromatic N) is 2. The lowest BCUT2D eigenvalue weighted by Gasteiger charge is -2.15. The summed E-state index contributed by atoms with van der Waals surface area (Å²) in [5.41, 5.74) is 0.994. The smallest absolute Gasteiger partial charge is 0.356 e. The monoisotopic (exact) mass is 302 g/mol. The van der Waals surface area contributed by atoms with Gasteiger partial charge in [0.05, 0.1) is 0 Å². The van der Waals surface area contributed by atoms with Gasteiger partial charge in [0.25, 0.3) is 0 Å². The molecule has 0 saturated carbocycles. The zero-order chi connectivity index (χ0) is 15.0. The van der Waals surface area contributed by atoms with Crippen molar-refractivity contribution in [1.29, 1.82) is 0 Å². The van der Waals surface area contributed by atoms with Gasteiger partial charge in [0.15, 0.2) is 5.58 Å². The average Bonchev–Trinajstić information content (AvgIpc) is 2.95. The van der Waals surface area contributed by atoms with Crippen molar-refractivity contribution in [3.8, 4) is 0 Å². The Labute approximate surface area is 118 Å². The molecule has 3 nitrogen and oxygen atoms in total. The second-order valence-corrected chi connectivity index (χ2v) is 5.48. The third-order valence-electron chi connectivity index (χ3n) is 3.77. The first-order chi connectivity index (χ1) is 9.90. The third kappa shape index (κ3) is 3.34. The lowest BCUT2D eigenvalue weighted by molar-refractivity contribution is -0.143. The summed E-state index contributed by atoms with van der Waals surface area (Å²) in [6.45, 7) is 1.43. The van der Waals surface area contributed by atoms with Gasteiger partial charge in [0, 0.05) is 31.0 Å². The highest BCUT2D eigenvalue weighted by molar-refractivity contribution is 5.79. The largest absolute Gasteiger partial charge is 0.389 e. The van der Waals surface area contributed by atoms with Crippen molar-refractivity contribution >= 4 is 11.0 Å². The SMILES string of the molecule is Fc1ccc2c(CN3CCC(CC(F)(F)F)C3)noc2c1. The Hall–Kier alpha value is -1.63. The summed E-state index contributed by atoms with van der Waals surface area (Å²) in [6.07, 6.45) is -4.32. The maximum atomic E-state index is 13.1. The van der Waals surface area contributed by atoms with Crippen molar-refractivity contribution in [2.75, 3.05) is 13.1 Å². The van der Waals surface area contributed by atoms with Crippen LogP contribution >= 0.6 is 0 Å². The maximum absolute atomic E-state index is 13.1. The zero-order valence-corrected chi connectivity index (χ0v) is 11.2. The minimum Gasteiger partial charge on any atom is -0.356 e. The molecule has 1 unspecified atom stereocenters. The van der Waals surface area contributed by atoms with E-state index in [1.54, 1.807) is 6.07 Å². The number of rotatable bonds is 3. The number of benzene rings is 1. The van der Waals surface area contributed by atoms with Gasteiger partial charge in [-0.15, -0.1) is 0 Å². The molecule has 21 heavy (non-hydrogen) atoms. The summed E-state index contributed by atoms with van der Waals surface area (Å²) < 4.78 is 55.2. The number of fused-ring (bicyclic) bond motifs is 1. The molecule has 1 aromatic heterocycles. The molecule has 7 heteroatoms. The van der Waals surface area contributed by atoms with Gasteiger partial charge in [-0.3, -0.25) is 4.90 Å². The minimum absolute atomic E-state index is 0.357. The molecule has 0 bridgehead atoms. The van der Waals surface area contributed by atoms with E-state index >= 15 is 0 Å². The number of hydrogen-bond donors (Lipinski definition) is 0. The van der Waals surface area contributed by atoms with Crippen LogP contribution in [0.15, 0.2) is 22.7 Å². The van der Waals surface area contributed by atoms with E-state index in [0.717, 1.165) is 0 Å². The zero-order valence-electron chi connectivity index (χ0n) is 11.2.